The lowest BCUT2D eigenvalue weighted by Gasteiger charge is -2.15. The van der Waals surface area contributed by atoms with Crippen LogP contribution in [-0.2, 0) is 19.1 Å². The third-order valence-corrected chi connectivity index (χ3v) is 14.3. The second-order valence-corrected chi connectivity index (χ2v) is 22.5. The van der Waals surface area contributed by atoms with Gasteiger partial charge in [0.05, 0.1) is 6.61 Å². The molecule has 0 aliphatic heterocycles. The van der Waals surface area contributed by atoms with Gasteiger partial charge in [-0.05, 0) is 154 Å². The third-order valence-electron chi connectivity index (χ3n) is 14.3. The Balaban J connectivity index is 3.63. The molecule has 0 aliphatic rings. The predicted octanol–water partition coefficient (Wildman–Crippen LogP) is 25.1. The Kier molecular flexibility index (Phi) is 70.5. The number of ether oxygens (including phenoxy) is 2. The third kappa shape index (κ3) is 72.7. The number of esters is 2. The Labute approximate surface area is 542 Å². The summed E-state index contributed by atoms with van der Waals surface area (Å²) in [4.78, 5) is 24.7. The Morgan fingerprint density at radius 2 is 0.455 bits per heavy atom. The standard InChI is InChI=1S/C83H128O5/c1-3-5-7-9-11-13-15-17-19-21-23-25-27-29-31-33-35-37-38-39-40-41-42-43-44-46-48-50-52-54-56-58-60-62-64-66-68-70-72-74-76-78-83(86)88-81(79-84)80-87-82(85)77-75-73-71-69-67-65-63-61-59-57-55-53-51-49-47-45-36-34-32-30-28-26-24-22-20-18-16-14-12-10-8-6-4-2/h5-8,11-14,17-20,23-26,29-32,35-37,39-40,42-43,45-46,48,52,54,58,60,64,66,81,84H,3-4,9-10,15-16,21-22,27-28,33-34,38,41,44,47,49-51,53,55-57,59,61-63,65,67-80H2,1-2H3/b7-5-,8-6-,13-11-,14-12-,19-17-,20-18-,25-23-,26-24-,31-29-,32-30-,37-35-,40-39-,43-42-,45-36-,48-46-,54-52-,60-58-,66-64-. The van der Waals surface area contributed by atoms with Crippen LogP contribution in [0.4, 0.5) is 0 Å². The first-order valence-corrected chi connectivity index (χ1v) is 35.3. The molecule has 1 unspecified atom stereocenters. The van der Waals surface area contributed by atoms with E-state index in [9.17, 15) is 14.7 Å². The van der Waals surface area contributed by atoms with E-state index < -0.39 is 6.10 Å². The van der Waals surface area contributed by atoms with Crippen LogP contribution in [0, 0.1) is 0 Å². The summed E-state index contributed by atoms with van der Waals surface area (Å²) >= 11 is 0. The molecule has 0 aromatic rings. The fourth-order valence-electron chi connectivity index (χ4n) is 9.07. The van der Waals surface area contributed by atoms with Gasteiger partial charge < -0.3 is 14.6 Å². The van der Waals surface area contributed by atoms with Gasteiger partial charge in [-0.25, -0.2) is 0 Å². The van der Waals surface area contributed by atoms with Gasteiger partial charge in [0.15, 0.2) is 6.10 Å². The molecule has 0 heterocycles. The van der Waals surface area contributed by atoms with Crippen molar-refractivity contribution in [3.05, 3.63) is 219 Å². The van der Waals surface area contributed by atoms with Gasteiger partial charge in [-0.3, -0.25) is 9.59 Å². The summed E-state index contributed by atoms with van der Waals surface area (Å²) in [5.74, 6) is -0.632. The monoisotopic (exact) mass is 1200 g/mol. The van der Waals surface area contributed by atoms with Gasteiger partial charge in [0.1, 0.15) is 6.61 Å². The average Bonchev–Trinajstić information content (AvgIpc) is 3.56. The van der Waals surface area contributed by atoms with Crippen molar-refractivity contribution in [3.63, 3.8) is 0 Å². The molecular formula is C83H128O5. The SMILES string of the molecule is CC/C=C\C/C=C\C/C=C\C/C=C\C/C=C\C/C=C\C/C=C\C/C=C\C/C=C\C/C=C\C/C=C\C/C=C\CCCCCCC(=O)OC(CO)COC(=O)CCCCCCCCCCCCCCCC/C=C\C/C=C\C/C=C\C/C=C\C/C=C\C/C=C\CC. The molecule has 0 radical (unpaired) electrons. The Bertz CT molecular complexity index is 2100. The molecule has 0 rings (SSSR count). The van der Waals surface area contributed by atoms with E-state index in [0.29, 0.717) is 12.8 Å². The van der Waals surface area contributed by atoms with Gasteiger partial charge in [0.25, 0.3) is 0 Å². The smallest absolute Gasteiger partial charge is 0.306 e. The largest absolute Gasteiger partial charge is 0.462 e. The molecule has 0 amide bonds. The highest BCUT2D eigenvalue weighted by atomic mass is 16.6. The number of allylic oxidation sites excluding steroid dienone is 36. The summed E-state index contributed by atoms with van der Waals surface area (Å²) in [5, 5.41) is 9.70. The molecule has 0 aromatic heterocycles. The second-order valence-electron chi connectivity index (χ2n) is 22.5. The number of hydrogen-bond donors (Lipinski definition) is 1. The first kappa shape index (κ1) is 82.2. The quantitative estimate of drug-likeness (QED) is 0.0373. The minimum atomic E-state index is -0.804. The molecule has 0 saturated carbocycles. The van der Waals surface area contributed by atoms with Gasteiger partial charge in [0.2, 0.25) is 0 Å². The summed E-state index contributed by atoms with van der Waals surface area (Å²) < 4.78 is 10.7. The molecule has 5 nitrogen and oxygen atoms in total. The van der Waals surface area contributed by atoms with Crippen LogP contribution in [0.15, 0.2) is 219 Å². The number of aliphatic hydroxyl groups excluding tert-OH is 1. The highest BCUT2D eigenvalue weighted by molar-refractivity contribution is 5.70. The van der Waals surface area contributed by atoms with E-state index in [-0.39, 0.29) is 25.2 Å². The lowest BCUT2D eigenvalue weighted by molar-refractivity contribution is -0.161. The van der Waals surface area contributed by atoms with Crippen LogP contribution < -0.4 is 0 Å². The minimum Gasteiger partial charge on any atom is -0.462 e. The average molecular weight is 1210 g/mol. The molecule has 0 fully saturated rings. The van der Waals surface area contributed by atoms with Gasteiger partial charge in [-0.2, -0.15) is 0 Å². The van der Waals surface area contributed by atoms with E-state index in [0.717, 1.165) is 167 Å². The van der Waals surface area contributed by atoms with Crippen molar-refractivity contribution in [1.29, 1.82) is 0 Å². The van der Waals surface area contributed by atoms with Crippen LogP contribution >= 0.6 is 0 Å². The van der Waals surface area contributed by atoms with E-state index in [1.165, 1.54) is 77.0 Å². The summed E-state index contributed by atoms with van der Waals surface area (Å²) in [6.07, 6.45) is 122. The fourth-order valence-corrected chi connectivity index (χ4v) is 9.07. The molecule has 5 heteroatoms. The van der Waals surface area contributed by atoms with Gasteiger partial charge in [-0.15, -0.1) is 0 Å². The topological polar surface area (TPSA) is 72.8 Å². The first-order valence-electron chi connectivity index (χ1n) is 35.3. The van der Waals surface area contributed by atoms with E-state index in [1.54, 1.807) is 0 Å². The molecule has 1 atom stereocenters. The van der Waals surface area contributed by atoms with E-state index in [1.807, 2.05) is 0 Å². The molecule has 0 aliphatic carbocycles. The van der Waals surface area contributed by atoms with Crippen LogP contribution in [-0.4, -0.2) is 36.4 Å². The van der Waals surface area contributed by atoms with Crippen molar-refractivity contribution < 1.29 is 24.2 Å². The van der Waals surface area contributed by atoms with Crippen molar-refractivity contribution in [3.8, 4) is 0 Å². The fraction of sp³-hybridized carbons (Fsp3) is 0.542. The Morgan fingerprint density at radius 3 is 0.682 bits per heavy atom. The van der Waals surface area contributed by atoms with Crippen molar-refractivity contribution in [2.24, 2.45) is 0 Å². The zero-order valence-electron chi connectivity index (χ0n) is 56.1. The zero-order valence-corrected chi connectivity index (χ0v) is 56.1. The number of carbonyl (C=O) groups excluding carboxylic acids is 2. The predicted molar refractivity (Wildman–Crippen MR) is 388 cm³/mol. The summed E-state index contributed by atoms with van der Waals surface area (Å²) in [6.45, 7) is 3.89. The number of unbranched alkanes of at least 4 members (excludes halogenated alkanes) is 18. The van der Waals surface area contributed by atoms with Crippen molar-refractivity contribution in [2.75, 3.05) is 13.2 Å². The maximum absolute atomic E-state index is 12.4. The molecule has 0 bridgehead atoms. The Morgan fingerprint density at radius 1 is 0.261 bits per heavy atom. The second kappa shape index (κ2) is 75.5. The minimum absolute atomic E-state index is 0.0895. The maximum atomic E-state index is 12.4. The summed E-state index contributed by atoms with van der Waals surface area (Å²) in [7, 11) is 0. The molecule has 1 N–H and O–H groups in total. The number of rotatable bonds is 62. The van der Waals surface area contributed by atoms with E-state index in [2.05, 4.69) is 233 Å². The van der Waals surface area contributed by atoms with Crippen LogP contribution in [0.5, 0.6) is 0 Å². The summed E-state index contributed by atoms with van der Waals surface area (Å²) in [5.41, 5.74) is 0. The van der Waals surface area contributed by atoms with Crippen molar-refractivity contribution in [1.82, 2.24) is 0 Å². The number of aliphatic hydroxyl groups is 1. The number of hydrogen-bond acceptors (Lipinski definition) is 5. The molecule has 88 heavy (non-hydrogen) atoms. The van der Waals surface area contributed by atoms with Crippen molar-refractivity contribution in [2.45, 2.75) is 277 Å². The maximum Gasteiger partial charge on any atom is 0.306 e. The highest BCUT2D eigenvalue weighted by Gasteiger charge is 2.16. The van der Waals surface area contributed by atoms with Gasteiger partial charge in [0, 0.05) is 12.8 Å². The van der Waals surface area contributed by atoms with Crippen LogP contribution in [0.1, 0.15) is 271 Å². The molecule has 0 aromatic carbocycles. The van der Waals surface area contributed by atoms with Crippen molar-refractivity contribution >= 4 is 11.9 Å². The molecule has 0 spiro atoms. The lowest BCUT2D eigenvalue weighted by Crippen LogP contribution is -2.28. The summed E-state index contributed by atoms with van der Waals surface area (Å²) in [6, 6.07) is 0. The molecule has 490 valence electrons. The van der Waals surface area contributed by atoms with E-state index in [4.69, 9.17) is 9.47 Å². The Hall–Kier alpha value is -5.78. The van der Waals surface area contributed by atoms with Gasteiger partial charge in [-0.1, -0.05) is 322 Å². The lowest BCUT2D eigenvalue weighted by atomic mass is 10.0. The normalized spacial score (nSPS) is 13.6. The van der Waals surface area contributed by atoms with Crippen LogP contribution in [0.25, 0.3) is 0 Å². The number of carbonyl (C=O) groups is 2. The van der Waals surface area contributed by atoms with Crippen LogP contribution in [0.3, 0.4) is 0 Å². The molecule has 0 saturated heterocycles. The molecular weight excluding hydrogens is 1080 g/mol. The zero-order chi connectivity index (χ0) is 63.3. The van der Waals surface area contributed by atoms with Crippen LogP contribution in [0.2, 0.25) is 0 Å². The highest BCUT2D eigenvalue weighted by Crippen LogP contribution is 2.15. The van der Waals surface area contributed by atoms with Gasteiger partial charge >= 0.3 is 11.9 Å². The first-order chi connectivity index (χ1) is 43.6. The van der Waals surface area contributed by atoms with E-state index >= 15 is 0 Å².